The van der Waals surface area contributed by atoms with Crippen LogP contribution >= 0.6 is 0 Å². The van der Waals surface area contributed by atoms with Crippen LogP contribution in [0.2, 0.25) is 0 Å². The Balaban J connectivity index is 2.57. The van der Waals surface area contributed by atoms with Gasteiger partial charge in [-0.05, 0) is 24.3 Å². The van der Waals surface area contributed by atoms with Gasteiger partial charge in [0, 0.05) is 11.8 Å². The number of aromatic carboxylic acids is 1. The molecule has 1 heterocycles. The van der Waals surface area contributed by atoms with Crippen molar-refractivity contribution in [2.45, 2.75) is 0 Å². The summed E-state index contributed by atoms with van der Waals surface area (Å²) in [5, 5.41) is 17.8. The predicted octanol–water partition coefficient (Wildman–Crippen LogP) is 2.32. The number of benzene rings is 1. The summed E-state index contributed by atoms with van der Waals surface area (Å²) >= 11 is 0. The summed E-state index contributed by atoms with van der Waals surface area (Å²) in [4.78, 5) is 15.0. The van der Waals surface area contributed by atoms with Gasteiger partial charge in [0.15, 0.2) is 0 Å². The van der Waals surface area contributed by atoms with Crippen molar-refractivity contribution in [2.75, 3.05) is 0 Å². The Kier molecular flexibility index (Phi) is 2.84. The van der Waals surface area contributed by atoms with Crippen molar-refractivity contribution >= 4 is 5.97 Å². The van der Waals surface area contributed by atoms with E-state index in [9.17, 15) is 4.79 Å². The van der Waals surface area contributed by atoms with Gasteiger partial charge >= 0.3 is 5.97 Å². The monoisotopic (exact) mass is 224 g/mol. The van der Waals surface area contributed by atoms with Gasteiger partial charge < -0.3 is 5.11 Å². The fourth-order valence-corrected chi connectivity index (χ4v) is 1.53. The van der Waals surface area contributed by atoms with Gasteiger partial charge in [-0.2, -0.15) is 5.26 Å². The van der Waals surface area contributed by atoms with E-state index in [4.69, 9.17) is 10.4 Å². The van der Waals surface area contributed by atoms with E-state index in [1.807, 2.05) is 6.07 Å². The molecule has 0 fully saturated rings. The van der Waals surface area contributed by atoms with Crippen LogP contribution in [0.1, 0.15) is 15.9 Å². The first-order chi connectivity index (χ1) is 8.22. The van der Waals surface area contributed by atoms with E-state index in [0.717, 1.165) is 0 Å². The van der Waals surface area contributed by atoms with Crippen LogP contribution in [0.5, 0.6) is 0 Å². The molecule has 1 aromatic heterocycles. The number of carbonyl (C=O) groups is 1. The molecule has 2 aromatic rings. The molecule has 0 aliphatic heterocycles. The average molecular weight is 224 g/mol. The summed E-state index contributed by atoms with van der Waals surface area (Å²) in [6.45, 7) is 0. The molecule has 1 aromatic carbocycles. The lowest BCUT2D eigenvalue weighted by Gasteiger charge is -2.03. The van der Waals surface area contributed by atoms with E-state index in [-0.39, 0.29) is 5.56 Å². The summed E-state index contributed by atoms with van der Waals surface area (Å²) in [5.74, 6) is -0.999. The van der Waals surface area contributed by atoms with E-state index < -0.39 is 5.97 Å². The number of pyridine rings is 1. The zero-order valence-electron chi connectivity index (χ0n) is 8.79. The molecule has 2 rings (SSSR count). The van der Waals surface area contributed by atoms with Crippen LogP contribution in [0, 0.1) is 11.3 Å². The van der Waals surface area contributed by atoms with Gasteiger partial charge in [-0.25, -0.2) is 4.79 Å². The highest BCUT2D eigenvalue weighted by atomic mass is 16.4. The summed E-state index contributed by atoms with van der Waals surface area (Å²) in [6, 6.07) is 11.7. The van der Waals surface area contributed by atoms with Crippen LogP contribution in [0.4, 0.5) is 0 Å². The summed E-state index contributed by atoms with van der Waals surface area (Å²) in [6.07, 6.45) is 1.57. The number of nitriles is 1. The highest BCUT2D eigenvalue weighted by Gasteiger charge is 2.08. The molecule has 0 saturated carbocycles. The van der Waals surface area contributed by atoms with Crippen LogP contribution in [-0.2, 0) is 0 Å². The molecular weight excluding hydrogens is 216 g/mol. The molecule has 17 heavy (non-hydrogen) atoms. The molecule has 82 valence electrons. The summed E-state index contributed by atoms with van der Waals surface area (Å²) in [7, 11) is 0. The van der Waals surface area contributed by atoms with E-state index in [0.29, 0.717) is 16.8 Å². The van der Waals surface area contributed by atoms with Crippen LogP contribution < -0.4 is 0 Å². The Morgan fingerprint density at radius 3 is 2.82 bits per heavy atom. The fraction of sp³-hybridized carbons (Fsp3) is 0. The van der Waals surface area contributed by atoms with Crippen molar-refractivity contribution in [3.8, 4) is 17.3 Å². The minimum Gasteiger partial charge on any atom is -0.478 e. The van der Waals surface area contributed by atoms with Gasteiger partial charge in [0.05, 0.1) is 16.8 Å². The molecule has 0 radical (unpaired) electrons. The van der Waals surface area contributed by atoms with E-state index in [1.54, 1.807) is 30.5 Å². The van der Waals surface area contributed by atoms with Crippen LogP contribution in [-0.4, -0.2) is 16.1 Å². The van der Waals surface area contributed by atoms with Crippen molar-refractivity contribution in [1.82, 2.24) is 4.98 Å². The lowest BCUT2D eigenvalue weighted by Crippen LogP contribution is -1.97. The molecule has 1 N–H and O–H groups in total. The smallest absolute Gasteiger partial charge is 0.335 e. The Hall–Kier alpha value is -2.67. The number of carboxylic acid groups (broad SMARTS) is 1. The zero-order chi connectivity index (χ0) is 12.3. The quantitative estimate of drug-likeness (QED) is 0.849. The molecule has 0 atom stereocenters. The second-order valence-electron chi connectivity index (χ2n) is 3.40. The average Bonchev–Trinajstić information content (AvgIpc) is 2.39. The maximum Gasteiger partial charge on any atom is 0.335 e. The number of hydrogen-bond donors (Lipinski definition) is 1. The van der Waals surface area contributed by atoms with Crippen molar-refractivity contribution < 1.29 is 9.90 Å². The largest absolute Gasteiger partial charge is 0.478 e. The van der Waals surface area contributed by atoms with Crippen molar-refractivity contribution in [3.63, 3.8) is 0 Å². The highest BCUT2D eigenvalue weighted by molar-refractivity contribution is 5.89. The second-order valence-corrected chi connectivity index (χ2v) is 3.40. The third kappa shape index (κ3) is 2.13. The number of carboxylic acids is 1. The maximum atomic E-state index is 10.9. The normalized spacial score (nSPS) is 9.59. The van der Waals surface area contributed by atoms with Crippen LogP contribution in [0.15, 0.2) is 42.6 Å². The predicted molar refractivity (Wildman–Crippen MR) is 61.3 cm³/mol. The molecule has 0 aliphatic rings. The zero-order valence-corrected chi connectivity index (χ0v) is 8.79. The van der Waals surface area contributed by atoms with Crippen LogP contribution in [0.3, 0.4) is 0 Å². The molecule has 0 saturated heterocycles. The number of rotatable bonds is 2. The van der Waals surface area contributed by atoms with Gasteiger partial charge in [-0.1, -0.05) is 12.1 Å². The maximum absolute atomic E-state index is 10.9. The Bertz CT molecular complexity index is 615. The van der Waals surface area contributed by atoms with E-state index in [1.165, 1.54) is 12.1 Å². The first-order valence-electron chi connectivity index (χ1n) is 4.91. The second kappa shape index (κ2) is 4.45. The van der Waals surface area contributed by atoms with Crippen LogP contribution in [0.25, 0.3) is 11.3 Å². The molecule has 0 spiro atoms. The fourth-order valence-electron chi connectivity index (χ4n) is 1.53. The summed E-state index contributed by atoms with van der Waals surface area (Å²) < 4.78 is 0. The Labute approximate surface area is 97.8 Å². The van der Waals surface area contributed by atoms with Crippen molar-refractivity contribution in [3.05, 3.63) is 53.7 Å². The lowest BCUT2D eigenvalue weighted by molar-refractivity contribution is 0.0697. The van der Waals surface area contributed by atoms with E-state index in [2.05, 4.69) is 4.98 Å². The Morgan fingerprint density at radius 2 is 2.12 bits per heavy atom. The van der Waals surface area contributed by atoms with Gasteiger partial charge in [-0.15, -0.1) is 0 Å². The topological polar surface area (TPSA) is 74.0 Å². The molecule has 0 unspecified atom stereocenters. The van der Waals surface area contributed by atoms with Gasteiger partial charge in [-0.3, -0.25) is 4.98 Å². The molecule has 0 aliphatic carbocycles. The minimum atomic E-state index is -0.999. The minimum absolute atomic E-state index is 0.178. The first-order valence-corrected chi connectivity index (χ1v) is 4.91. The molecule has 0 bridgehead atoms. The van der Waals surface area contributed by atoms with Crippen molar-refractivity contribution in [1.29, 1.82) is 5.26 Å². The Morgan fingerprint density at radius 1 is 1.29 bits per heavy atom. The third-order valence-corrected chi connectivity index (χ3v) is 2.31. The van der Waals surface area contributed by atoms with Crippen molar-refractivity contribution in [2.24, 2.45) is 0 Å². The molecule has 0 amide bonds. The lowest BCUT2D eigenvalue weighted by atomic mass is 10.0. The first kappa shape index (κ1) is 10.8. The third-order valence-electron chi connectivity index (χ3n) is 2.31. The summed E-state index contributed by atoms with van der Waals surface area (Å²) in [5.41, 5.74) is 1.73. The van der Waals surface area contributed by atoms with Gasteiger partial charge in [0.2, 0.25) is 0 Å². The van der Waals surface area contributed by atoms with Gasteiger partial charge in [0.25, 0.3) is 0 Å². The number of nitrogens with zero attached hydrogens (tertiary/aromatic N) is 2. The number of aromatic nitrogens is 1. The standard InChI is InChI=1S/C13H8N2O2/c14-8-11-5-2-6-15-12(11)9-3-1-4-10(7-9)13(16)17/h1-7H,(H,16,17). The molecule has 4 nitrogen and oxygen atoms in total. The molecule has 4 heteroatoms. The van der Waals surface area contributed by atoms with E-state index >= 15 is 0 Å². The molecular formula is C13H8N2O2. The number of hydrogen-bond acceptors (Lipinski definition) is 3. The van der Waals surface area contributed by atoms with Gasteiger partial charge in [0.1, 0.15) is 6.07 Å². The SMILES string of the molecule is N#Cc1cccnc1-c1cccc(C(=O)O)c1. The highest BCUT2D eigenvalue weighted by Crippen LogP contribution is 2.21.